The van der Waals surface area contributed by atoms with Gasteiger partial charge in [0.1, 0.15) is 5.92 Å². The van der Waals surface area contributed by atoms with E-state index < -0.39 is 17.1 Å². The lowest BCUT2D eigenvalue weighted by Gasteiger charge is -2.24. The molecule has 0 amide bonds. The van der Waals surface area contributed by atoms with E-state index in [4.69, 9.17) is 5.73 Å². The van der Waals surface area contributed by atoms with Crippen LogP contribution in [0.2, 0.25) is 0 Å². The van der Waals surface area contributed by atoms with Gasteiger partial charge in [-0.1, -0.05) is 12.2 Å². The molecule has 0 aromatic heterocycles. The Bertz CT molecular complexity index is 209. The zero-order valence-corrected chi connectivity index (χ0v) is 10.3. The van der Waals surface area contributed by atoms with Crippen LogP contribution >= 0.6 is 24.0 Å². The van der Waals surface area contributed by atoms with Gasteiger partial charge in [0.2, 0.25) is 0 Å². The molecule has 0 aliphatic rings. The first-order valence-electron chi connectivity index (χ1n) is 4.32. The molecule has 0 fully saturated rings. The van der Waals surface area contributed by atoms with Gasteiger partial charge in [-0.15, -0.1) is 0 Å². The largest absolute Gasteiger partial charge is 0.399 e. The fourth-order valence-electron chi connectivity index (χ4n) is 1.00. The third-order valence-corrected chi connectivity index (χ3v) is 2.79. The fraction of sp³-hybridized carbons (Fsp3) is 0.875. The van der Waals surface area contributed by atoms with Crippen molar-refractivity contribution in [2.75, 3.05) is 32.1 Å². The number of hydrogen-bond donors (Lipinski definition) is 1. The van der Waals surface area contributed by atoms with Crippen LogP contribution in [0.3, 0.4) is 0 Å². The lowest BCUT2D eigenvalue weighted by Crippen LogP contribution is -2.42. The standard InChI is InChI=1S/C8H15F3N2S2/c1-13(3-4-15-2)5-6(7(12)14)8(9,10)11/h6H,3-5H2,1-2H3,(H2,12,14). The summed E-state index contributed by atoms with van der Waals surface area (Å²) in [6.45, 7) is 0.426. The highest BCUT2D eigenvalue weighted by Crippen LogP contribution is 2.27. The molecule has 1 unspecified atom stereocenters. The molecule has 0 aromatic carbocycles. The smallest absolute Gasteiger partial charge is 0.393 e. The Balaban J connectivity index is 4.24. The summed E-state index contributed by atoms with van der Waals surface area (Å²) in [6, 6.07) is 0. The van der Waals surface area contributed by atoms with Crippen LogP contribution in [0.5, 0.6) is 0 Å². The number of hydrogen-bond acceptors (Lipinski definition) is 3. The van der Waals surface area contributed by atoms with Crippen LogP contribution in [0.15, 0.2) is 0 Å². The lowest BCUT2D eigenvalue weighted by molar-refractivity contribution is -0.158. The van der Waals surface area contributed by atoms with Crippen LogP contribution in [0.25, 0.3) is 0 Å². The summed E-state index contributed by atoms with van der Waals surface area (Å²) in [7, 11) is 1.63. The number of alkyl halides is 3. The van der Waals surface area contributed by atoms with Crippen molar-refractivity contribution >= 4 is 29.0 Å². The first-order valence-corrected chi connectivity index (χ1v) is 6.12. The first-order chi connectivity index (χ1) is 6.79. The Kier molecular flexibility index (Phi) is 6.54. The molecule has 0 aliphatic heterocycles. The van der Waals surface area contributed by atoms with Crippen LogP contribution in [0, 0.1) is 5.92 Å². The van der Waals surface area contributed by atoms with Gasteiger partial charge in [-0.05, 0) is 13.3 Å². The molecular weight excluding hydrogens is 245 g/mol. The van der Waals surface area contributed by atoms with Gasteiger partial charge in [-0.3, -0.25) is 0 Å². The van der Waals surface area contributed by atoms with E-state index in [0.717, 1.165) is 5.75 Å². The molecule has 2 N–H and O–H groups in total. The van der Waals surface area contributed by atoms with E-state index in [9.17, 15) is 13.2 Å². The molecule has 0 bridgehead atoms. The molecule has 0 aromatic rings. The minimum Gasteiger partial charge on any atom is -0.393 e. The highest BCUT2D eigenvalue weighted by atomic mass is 32.2. The van der Waals surface area contributed by atoms with E-state index in [1.54, 1.807) is 23.7 Å². The number of halogens is 3. The number of nitrogens with two attached hydrogens (primary N) is 1. The molecular formula is C8H15F3N2S2. The molecule has 0 aliphatic carbocycles. The second-order valence-electron chi connectivity index (χ2n) is 3.25. The molecule has 0 rings (SSSR count). The van der Waals surface area contributed by atoms with Gasteiger partial charge in [-0.25, -0.2) is 0 Å². The van der Waals surface area contributed by atoms with Gasteiger partial charge in [0.25, 0.3) is 0 Å². The van der Waals surface area contributed by atoms with Gasteiger partial charge >= 0.3 is 6.18 Å². The van der Waals surface area contributed by atoms with Crippen molar-refractivity contribution in [1.82, 2.24) is 4.90 Å². The predicted molar refractivity (Wildman–Crippen MR) is 62.2 cm³/mol. The summed E-state index contributed by atoms with van der Waals surface area (Å²) in [5, 5.41) is 0. The van der Waals surface area contributed by atoms with Crippen LogP contribution in [0.1, 0.15) is 0 Å². The lowest BCUT2D eigenvalue weighted by atomic mass is 10.1. The second kappa shape index (κ2) is 6.55. The van der Waals surface area contributed by atoms with Gasteiger partial charge in [0.15, 0.2) is 0 Å². The van der Waals surface area contributed by atoms with Gasteiger partial charge in [0.05, 0.1) is 4.99 Å². The van der Waals surface area contributed by atoms with Crippen molar-refractivity contribution in [3.05, 3.63) is 0 Å². The molecule has 0 saturated heterocycles. The maximum absolute atomic E-state index is 12.5. The van der Waals surface area contributed by atoms with Crippen molar-refractivity contribution in [2.24, 2.45) is 11.7 Å². The Morgan fingerprint density at radius 3 is 2.40 bits per heavy atom. The summed E-state index contributed by atoms with van der Waals surface area (Å²) in [6.07, 6.45) is -2.44. The summed E-state index contributed by atoms with van der Waals surface area (Å²) in [4.78, 5) is 1.10. The zero-order chi connectivity index (χ0) is 12.1. The van der Waals surface area contributed by atoms with Crippen molar-refractivity contribution < 1.29 is 13.2 Å². The van der Waals surface area contributed by atoms with Gasteiger partial charge < -0.3 is 10.6 Å². The van der Waals surface area contributed by atoms with E-state index in [2.05, 4.69) is 12.2 Å². The van der Waals surface area contributed by atoms with E-state index in [-0.39, 0.29) is 6.54 Å². The van der Waals surface area contributed by atoms with Gasteiger partial charge in [-0.2, -0.15) is 24.9 Å². The molecule has 0 heterocycles. The Hall–Kier alpha value is -0.0100. The molecule has 7 heteroatoms. The molecule has 0 spiro atoms. The van der Waals surface area contributed by atoms with E-state index >= 15 is 0 Å². The molecule has 0 radical (unpaired) electrons. The molecule has 2 nitrogen and oxygen atoms in total. The van der Waals surface area contributed by atoms with E-state index in [1.807, 2.05) is 6.26 Å². The number of rotatable bonds is 6. The van der Waals surface area contributed by atoms with E-state index in [1.165, 1.54) is 0 Å². The summed E-state index contributed by atoms with van der Waals surface area (Å²) in [5.74, 6) is -0.919. The third-order valence-electron chi connectivity index (χ3n) is 1.91. The summed E-state index contributed by atoms with van der Waals surface area (Å²) >= 11 is 6.01. The molecule has 1 atom stereocenters. The Morgan fingerprint density at radius 1 is 1.53 bits per heavy atom. The number of thiocarbonyl (C=S) groups is 1. The monoisotopic (exact) mass is 260 g/mol. The molecule has 0 saturated carbocycles. The second-order valence-corrected chi connectivity index (χ2v) is 4.71. The average Bonchev–Trinajstić information content (AvgIpc) is 2.08. The molecule has 15 heavy (non-hydrogen) atoms. The Morgan fingerprint density at radius 2 is 2.07 bits per heavy atom. The van der Waals surface area contributed by atoms with Crippen molar-refractivity contribution in [3.63, 3.8) is 0 Å². The van der Waals surface area contributed by atoms with Gasteiger partial charge in [0, 0.05) is 18.8 Å². The van der Waals surface area contributed by atoms with Crippen LogP contribution in [-0.4, -0.2) is 48.2 Å². The highest BCUT2D eigenvalue weighted by Gasteiger charge is 2.42. The van der Waals surface area contributed by atoms with Crippen LogP contribution in [0.4, 0.5) is 13.2 Å². The third kappa shape index (κ3) is 6.21. The quantitative estimate of drug-likeness (QED) is 0.737. The molecule has 90 valence electrons. The van der Waals surface area contributed by atoms with Crippen molar-refractivity contribution in [1.29, 1.82) is 0 Å². The van der Waals surface area contributed by atoms with Crippen LogP contribution in [-0.2, 0) is 0 Å². The van der Waals surface area contributed by atoms with E-state index in [0.29, 0.717) is 6.54 Å². The van der Waals surface area contributed by atoms with Crippen molar-refractivity contribution in [3.8, 4) is 0 Å². The number of nitrogens with zero attached hydrogens (tertiary/aromatic N) is 1. The number of thioether (sulfide) groups is 1. The minimum atomic E-state index is -4.35. The van der Waals surface area contributed by atoms with Crippen molar-refractivity contribution in [2.45, 2.75) is 6.18 Å². The first kappa shape index (κ1) is 15.0. The SMILES string of the molecule is CSCCN(C)CC(C(N)=S)C(F)(F)F. The summed E-state index contributed by atoms with van der Waals surface area (Å²) < 4.78 is 37.4. The Labute approximate surface area is 97.4 Å². The summed E-state index contributed by atoms with van der Waals surface area (Å²) in [5.41, 5.74) is 5.08. The zero-order valence-electron chi connectivity index (χ0n) is 8.67. The topological polar surface area (TPSA) is 29.3 Å². The predicted octanol–water partition coefficient (Wildman–Crippen LogP) is 1.75. The normalized spacial score (nSPS) is 14.3. The van der Waals surface area contributed by atoms with Crippen LogP contribution < -0.4 is 5.73 Å². The minimum absolute atomic E-state index is 0.167. The average molecular weight is 260 g/mol. The maximum atomic E-state index is 12.5. The maximum Gasteiger partial charge on any atom is 0.399 e. The fourth-order valence-corrected chi connectivity index (χ4v) is 1.71. The highest BCUT2D eigenvalue weighted by molar-refractivity contribution is 7.98.